The smallest absolute Gasteiger partial charge is 0.110 e. The van der Waals surface area contributed by atoms with E-state index in [0.717, 1.165) is 11.3 Å². The standard InChI is InChI=1S/C13H6ClN3S2/c14-8-3-1-7(2-4-8)11-9(5-15)12(17)19-13(18)10(11)6-16/h1-4H,17H2. The van der Waals surface area contributed by atoms with E-state index in [1.165, 1.54) is 0 Å². The Labute approximate surface area is 124 Å². The maximum atomic E-state index is 9.24. The first kappa shape index (κ1) is 13.5. The summed E-state index contributed by atoms with van der Waals surface area (Å²) < 4.78 is 0.379. The van der Waals surface area contributed by atoms with E-state index in [1.807, 2.05) is 12.1 Å². The van der Waals surface area contributed by atoms with E-state index >= 15 is 0 Å². The SMILES string of the molecule is N#Cc1c(N)sc(=S)c(C#N)c1-c1ccc(Cl)cc1. The quantitative estimate of drug-likeness (QED) is 0.804. The predicted molar refractivity (Wildman–Crippen MR) is 79.4 cm³/mol. The molecule has 19 heavy (non-hydrogen) atoms. The van der Waals surface area contributed by atoms with E-state index < -0.39 is 0 Å². The van der Waals surface area contributed by atoms with Crippen LogP contribution in [0.3, 0.4) is 0 Å². The Morgan fingerprint density at radius 2 is 1.68 bits per heavy atom. The molecule has 0 aliphatic heterocycles. The van der Waals surface area contributed by atoms with Gasteiger partial charge in [0.15, 0.2) is 0 Å². The second-order valence-corrected chi connectivity index (χ2v) is 5.76. The highest BCUT2D eigenvalue weighted by atomic mass is 35.5. The van der Waals surface area contributed by atoms with Gasteiger partial charge in [-0.05, 0) is 17.7 Å². The number of nitrogens with two attached hydrogens (primary N) is 1. The number of hydrogen-bond acceptors (Lipinski definition) is 5. The van der Waals surface area contributed by atoms with Crippen LogP contribution in [0.1, 0.15) is 11.1 Å². The summed E-state index contributed by atoms with van der Waals surface area (Å²) in [4.78, 5) is 0. The monoisotopic (exact) mass is 303 g/mol. The lowest BCUT2D eigenvalue weighted by Gasteiger charge is -2.08. The van der Waals surface area contributed by atoms with Crippen LogP contribution in [0.2, 0.25) is 5.02 Å². The van der Waals surface area contributed by atoms with Gasteiger partial charge in [-0.25, -0.2) is 0 Å². The summed E-state index contributed by atoms with van der Waals surface area (Å²) in [7, 11) is 0. The van der Waals surface area contributed by atoms with Crippen molar-refractivity contribution in [3.05, 3.63) is 44.2 Å². The van der Waals surface area contributed by atoms with E-state index in [4.69, 9.17) is 29.6 Å². The van der Waals surface area contributed by atoms with E-state index in [9.17, 15) is 10.5 Å². The normalized spacial score (nSPS) is 9.63. The van der Waals surface area contributed by atoms with Gasteiger partial charge < -0.3 is 5.73 Å². The van der Waals surface area contributed by atoms with Crippen LogP contribution >= 0.6 is 35.2 Å². The van der Waals surface area contributed by atoms with Gasteiger partial charge in [-0.2, -0.15) is 10.5 Å². The van der Waals surface area contributed by atoms with Crippen LogP contribution in [-0.4, -0.2) is 0 Å². The Morgan fingerprint density at radius 1 is 1.11 bits per heavy atom. The highest BCUT2D eigenvalue weighted by Gasteiger charge is 2.16. The molecule has 0 aliphatic carbocycles. The fraction of sp³-hybridized carbons (Fsp3) is 0. The van der Waals surface area contributed by atoms with Crippen molar-refractivity contribution in [1.82, 2.24) is 0 Å². The van der Waals surface area contributed by atoms with Crippen molar-refractivity contribution in [3.8, 4) is 23.3 Å². The third-order valence-corrected chi connectivity index (χ3v) is 4.03. The van der Waals surface area contributed by atoms with Gasteiger partial charge in [-0.15, -0.1) is 11.3 Å². The van der Waals surface area contributed by atoms with Gasteiger partial charge in [0.2, 0.25) is 0 Å². The van der Waals surface area contributed by atoms with Crippen LogP contribution < -0.4 is 5.73 Å². The minimum atomic E-state index is 0.275. The fourth-order valence-electron chi connectivity index (χ4n) is 1.67. The minimum Gasteiger partial charge on any atom is -0.389 e. The molecule has 0 fully saturated rings. The third-order valence-electron chi connectivity index (χ3n) is 2.51. The Bertz CT molecular complexity index is 780. The van der Waals surface area contributed by atoms with Crippen LogP contribution in [-0.2, 0) is 0 Å². The van der Waals surface area contributed by atoms with Gasteiger partial charge in [-0.1, -0.05) is 36.0 Å². The van der Waals surface area contributed by atoms with Crippen molar-refractivity contribution in [2.45, 2.75) is 0 Å². The van der Waals surface area contributed by atoms with Crippen molar-refractivity contribution in [3.63, 3.8) is 0 Å². The number of nitriles is 2. The minimum absolute atomic E-state index is 0.275. The number of hydrogen-bond donors (Lipinski definition) is 1. The lowest BCUT2D eigenvalue weighted by atomic mass is 9.99. The summed E-state index contributed by atoms with van der Waals surface area (Å²) in [6.45, 7) is 0. The first-order valence-corrected chi connectivity index (χ1v) is 6.71. The Balaban J connectivity index is 2.89. The molecular formula is C13H6ClN3S2. The lowest BCUT2D eigenvalue weighted by molar-refractivity contribution is 1.46. The van der Waals surface area contributed by atoms with Crippen molar-refractivity contribution >= 4 is 40.2 Å². The molecule has 0 radical (unpaired) electrons. The summed E-state index contributed by atoms with van der Waals surface area (Å²) in [5.41, 5.74) is 7.56. The van der Waals surface area contributed by atoms with Crippen molar-refractivity contribution in [2.24, 2.45) is 0 Å². The summed E-state index contributed by atoms with van der Waals surface area (Å²) in [5.74, 6) is 0. The molecule has 0 bridgehead atoms. The molecule has 0 saturated carbocycles. The third kappa shape index (κ3) is 2.45. The van der Waals surface area contributed by atoms with Gasteiger partial charge in [0, 0.05) is 10.6 Å². The molecule has 2 rings (SSSR count). The number of benzene rings is 1. The zero-order chi connectivity index (χ0) is 14.0. The Kier molecular flexibility index (Phi) is 3.82. The number of nitrogen functional groups attached to an aromatic ring is 1. The summed E-state index contributed by atoms with van der Waals surface area (Å²) in [6.07, 6.45) is 0. The van der Waals surface area contributed by atoms with Crippen LogP contribution in [0.5, 0.6) is 0 Å². The summed E-state index contributed by atoms with van der Waals surface area (Å²) >= 11 is 12.0. The Morgan fingerprint density at radius 3 is 2.21 bits per heavy atom. The molecule has 0 aliphatic rings. The Hall–Kier alpha value is -1.92. The van der Waals surface area contributed by atoms with Gasteiger partial charge in [-0.3, -0.25) is 0 Å². The van der Waals surface area contributed by atoms with Crippen LogP contribution in [0.4, 0.5) is 5.00 Å². The summed E-state index contributed by atoms with van der Waals surface area (Å²) in [5, 5.41) is 19.4. The molecule has 1 aromatic heterocycles. The zero-order valence-corrected chi connectivity index (χ0v) is 11.9. The molecule has 0 saturated heterocycles. The van der Waals surface area contributed by atoms with Crippen LogP contribution in [0.15, 0.2) is 24.3 Å². The molecule has 0 atom stereocenters. The number of rotatable bonds is 1. The van der Waals surface area contributed by atoms with Crippen LogP contribution in [0, 0.1) is 26.5 Å². The fourth-order valence-corrected chi connectivity index (χ4v) is 2.91. The molecule has 2 aromatic rings. The van der Waals surface area contributed by atoms with E-state index in [1.54, 1.807) is 24.3 Å². The van der Waals surface area contributed by atoms with Gasteiger partial charge in [0.25, 0.3) is 0 Å². The predicted octanol–water partition coefficient (Wildman–Crippen LogP) is 4.12. The number of nitrogens with zero attached hydrogens (tertiary/aromatic N) is 2. The molecule has 0 spiro atoms. The van der Waals surface area contributed by atoms with E-state index in [2.05, 4.69) is 0 Å². The summed E-state index contributed by atoms with van der Waals surface area (Å²) in [6, 6.07) is 10.9. The second-order valence-electron chi connectivity index (χ2n) is 3.61. The highest BCUT2D eigenvalue weighted by molar-refractivity contribution is 7.73. The molecule has 0 amide bonds. The van der Waals surface area contributed by atoms with E-state index in [-0.39, 0.29) is 5.56 Å². The number of halogens is 1. The first-order chi connectivity index (χ1) is 9.08. The average Bonchev–Trinajstić information content (AvgIpc) is 2.39. The van der Waals surface area contributed by atoms with Gasteiger partial charge >= 0.3 is 0 Å². The second kappa shape index (κ2) is 5.38. The van der Waals surface area contributed by atoms with Crippen molar-refractivity contribution < 1.29 is 0 Å². The highest BCUT2D eigenvalue weighted by Crippen LogP contribution is 2.35. The number of anilines is 1. The topological polar surface area (TPSA) is 73.6 Å². The van der Waals surface area contributed by atoms with Gasteiger partial charge in [0.05, 0.1) is 11.1 Å². The van der Waals surface area contributed by atoms with Crippen LogP contribution in [0.25, 0.3) is 11.1 Å². The molecule has 0 unspecified atom stereocenters. The average molecular weight is 304 g/mol. The lowest BCUT2D eigenvalue weighted by Crippen LogP contribution is -1.95. The van der Waals surface area contributed by atoms with Gasteiger partial charge in [0.1, 0.15) is 21.0 Å². The first-order valence-electron chi connectivity index (χ1n) is 5.11. The maximum absolute atomic E-state index is 9.24. The van der Waals surface area contributed by atoms with Crippen molar-refractivity contribution in [2.75, 3.05) is 5.73 Å². The zero-order valence-electron chi connectivity index (χ0n) is 9.48. The van der Waals surface area contributed by atoms with E-state index in [0.29, 0.717) is 30.5 Å². The molecule has 6 heteroatoms. The van der Waals surface area contributed by atoms with Crippen molar-refractivity contribution in [1.29, 1.82) is 10.5 Å². The molecule has 1 heterocycles. The molecular weight excluding hydrogens is 298 g/mol. The largest absolute Gasteiger partial charge is 0.389 e. The molecule has 1 aromatic carbocycles. The molecule has 3 nitrogen and oxygen atoms in total. The molecule has 2 N–H and O–H groups in total. The maximum Gasteiger partial charge on any atom is 0.110 e. The molecule has 92 valence electrons.